The van der Waals surface area contributed by atoms with Crippen LogP contribution in [0.4, 0.5) is 0 Å². The van der Waals surface area contributed by atoms with Gasteiger partial charge in [0.05, 0.1) is 0 Å². The first-order chi connectivity index (χ1) is 11.1. The Kier molecular flexibility index (Phi) is 7.11. The molecule has 1 aliphatic rings. The number of ether oxygens (including phenoxy) is 3. The fraction of sp³-hybridized carbons (Fsp3) is 0.714. The second kappa shape index (κ2) is 8.60. The lowest BCUT2D eigenvalue weighted by atomic mass is 9.95. The number of carbonyl (C=O) groups is 4. The molecule has 1 saturated heterocycles. The van der Waals surface area contributed by atoms with Crippen molar-refractivity contribution in [3.8, 4) is 0 Å². The Balaban J connectivity index is 3.11. The average Bonchev–Trinajstić information content (AvgIpc) is 2.42. The van der Waals surface area contributed by atoms with Crippen molar-refractivity contribution in [1.29, 1.82) is 0 Å². The van der Waals surface area contributed by atoms with E-state index in [1.54, 1.807) is 0 Å². The molecule has 0 radical (unpaired) electrons. The third-order valence-electron chi connectivity index (χ3n) is 3.19. The summed E-state index contributed by atoms with van der Waals surface area (Å²) in [5, 5.41) is 15.0. The maximum absolute atomic E-state index is 11.4. The molecule has 1 fully saturated rings. The van der Waals surface area contributed by atoms with Crippen LogP contribution in [-0.4, -0.2) is 66.0 Å². The summed E-state index contributed by atoms with van der Waals surface area (Å²) in [6.45, 7) is 4.69. The highest BCUT2D eigenvalue weighted by Crippen LogP contribution is 2.25. The van der Waals surface area contributed by atoms with E-state index in [1.165, 1.54) is 13.8 Å². The number of aliphatic hydroxyl groups is 1. The van der Waals surface area contributed by atoms with E-state index in [4.69, 9.17) is 14.2 Å². The Bertz CT molecular complexity index is 509. The van der Waals surface area contributed by atoms with E-state index in [0.717, 1.165) is 13.8 Å². The second-order valence-corrected chi connectivity index (χ2v) is 5.38. The van der Waals surface area contributed by atoms with Crippen LogP contribution in [0.2, 0.25) is 0 Å². The van der Waals surface area contributed by atoms with Gasteiger partial charge in [0.2, 0.25) is 11.8 Å². The van der Waals surface area contributed by atoms with Crippen molar-refractivity contribution >= 4 is 23.8 Å². The van der Waals surface area contributed by atoms with Gasteiger partial charge in [-0.25, -0.2) is 0 Å². The van der Waals surface area contributed by atoms with Crippen molar-refractivity contribution in [2.75, 3.05) is 6.54 Å². The van der Waals surface area contributed by atoms with Crippen molar-refractivity contribution < 1.29 is 38.5 Å². The molecule has 0 bridgehead atoms. The minimum absolute atomic E-state index is 0.0884. The lowest BCUT2D eigenvalue weighted by molar-refractivity contribution is -0.256. The van der Waals surface area contributed by atoms with Crippen LogP contribution in [-0.2, 0) is 33.4 Å². The van der Waals surface area contributed by atoms with Gasteiger partial charge in [-0.15, -0.1) is 0 Å². The first kappa shape index (κ1) is 19.8. The molecule has 1 rings (SSSR count). The van der Waals surface area contributed by atoms with Crippen LogP contribution >= 0.6 is 0 Å². The number of rotatable bonds is 5. The summed E-state index contributed by atoms with van der Waals surface area (Å²) in [5.74, 6) is -2.23. The maximum atomic E-state index is 11.4. The van der Waals surface area contributed by atoms with Crippen LogP contribution < -0.4 is 10.6 Å². The summed E-state index contributed by atoms with van der Waals surface area (Å²) in [4.78, 5) is 45.2. The quantitative estimate of drug-likeness (QED) is 0.496. The molecule has 0 aromatic heterocycles. The standard InChI is InChI=1S/C14H22N2O8/c1-6(17)15-5-10-12(22-8(3)19)13(23-9(4)20)11(14(21)24-10)16-7(2)18/h10-14,21H,5H2,1-4H3,(H,15,17)(H,16,18)/t10-,11+,12+,13+,14+/m0/s1. The van der Waals surface area contributed by atoms with Gasteiger partial charge in [0.1, 0.15) is 12.1 Å². The topological polar surface area (TPSA) is 140 Å². The van der Waals surface area contributed by atoms with E-state index in [1.807, 2.05) is 0 Å². The summed E-state index contributed by atoms with van der Waals surface area (Å²) < 4.78 is 15.6. The van der Waals surface area contributed by atoms with Gasteiger partial charge in [0.25, 0.3) is 0 Å². The predicted octanol–water partition coefficient (Wildman–Crippen LogP) is -1.79. The highest BCUT2D eigenvalue weighted by molar-refractivity contribution is 5.74. The maximum Gasteiger partial charge on any atom is 0.303 e. The van der Waals surface area contributed by atoms with E-state index in [9.17, 15) is 24.3 Å². The molecule has 5 atom stereocenters. The van der Waals surface area contributed by atoms with E-state index in [-0.39, 0.29) is 12.5 Å². The second-order valence-electron chi connectivity index (χ2n) is 5.38. The molecule has 10 nitrogen and oxygen atoms in total. The number of aliphatic hydroxyl groups excluding tert-OH is 1. The molecule has 0 spiro atoms. The molecule has 24 heavy (non-hydrogen) atoms. The number of hydrogen-bond donors (Lipinski definition) is 3. The average molecular weight is 346 g/mol. The molecular formula is C14H22N2O8. The van der Waals surface area contributed by atoms with Crippen LogP contribution in [0.1, 0.15) is 27.7 Å². The molecule has 0 saturated carbocycles. The lowest BCUT2D eigenvalue weighted by Gasteiger charge is -2.43. The molecule has 136 valence electrons. The van der Waals surface area contributed by atoms with Gasteiger partial charge in [-0.1, -0.05) is 0 Å². The zero-order valence-electron chi connectivity index (χ0n) is 13.9. The lowest BCUT2D eigenvalue weighted by Crippen LogP contribution is -2.66. The molecule has 1 heterocycles. The SMILES string of the molecule is CC(=O)NC[C@@H]1O[C@@H](O)[C@H](NC(C)=O)[C@@H](OC(C)=O)[C@@H]1OC(C)=O. The Hall–Kier alpha value is -2.20. The number of esters is 2. The molecule has 1 aliphatic heterocycles. The number of hydrogen-bond acceptors (Lipinski definition) is 8. The smallest absolute Gasteiger partial charge is 0.303 e. The molecule has 0 aromatic rings. The Morgan fingerprint density at radius 1 is 0.958 bits per heavy atom. The molecular weight excluding hydrogens is 324 g/mol. The summed E-state index contributed by atoms with van der Waals surface area (Å²) in [6.07, 6.45) is -4.80. The molecule has 3 N–H and O–H groups in total. The van der Waals surface area contributed by atoms with Crippen LogP contribution in [0.3, 0.4) is 0 Å². The third-order valence-corrected chi connectivity index (χ3v) is 3.19. The first-order valence-corrected chi connectivity index (χ1v) is 7.31. The van der Waals surface area contributed by atoms with Gasteiger partial charge in [-0.05, 0) is 0 Å². The molecule has 0 aromatic carbocycles. The minimum atomic E-state index is -1.52. The van der Waals surface area contributed by atoms with Crippen LogP contribution in [0, 0.1) is 0 Å². The fourth-order valence-electron chi connectivity index (χ4n) is 2.38. The van der Waals surface area contributed by atoms with Crippen LogP contribution in [0.5, 0.6) is 0 Å². The minimum Gasteiger partial charge on any atom is -0.456 e. The number of nitrogens with one attached hydrogen (secondary N) is 2. The van der Waals surface area contributed by atoms with Gasteiger partial charge in [0, 0.05) is 34.2 Å². The molecule has 0 unspecified atom stereocenters. The van der Waals surface area contributed by atoms with E-state index < -0.39 is 48.5 Å². The van der Waals surface area contributed by atoms with Gasteiger partial charge < -0.3 is 30.0 Å². The first-order valence-electron chi connectivity index (χ1n) is 7.31. The third kappa shape index (κ3) is 5.78. The van der Waals surface area contributed by atoms with Crippen LogP contribution in [0.25, 0.3) is 0 Å². The van der Waals surface area contributed by atoms with Gasteiger partial charge in [0.15, 0.2) is 18.5 Å². The highest BCUT2D eigenvalue weighted by atomic mass is 16.7. The fourth-order valence-corrected chi connectivity index (χ4v) is 2.38. The zero-order chi connectivity index (χ0) is 18.4. The van der Waals surface area contributed by atoms with Crippen molar-refractivity contribution in [2.24, 2.45) is 0 Å². The predicted molar refractivity (Wildman–Crippen MR) is 78.3 cm³/mol. The largest absolute Gasteiger partial charge is 0.456 e. The van der Waals surface area contributed by atoms with E-state index in [0.29, 0.717) is 0 Å². The summed E-state index contributed by atoms with van der Waals surface area (Å²) in [5.41, 5.74) is 0. The Morgan fingerprint density at radius 2 is 1.50 bits per heavy atom. The van der Waals surface area contributed by atoms with Gasteiger partial charge >= 0.3 is 11.9 Å². The highest BCUT2D eigenvalue weighted by Gasteiger charge is 2.49. The van der Waals surface area contributed by atoms with E-state index in [2.05, 4.69) is 10.6 Å². The molecule has 2 amide bonds. The number of carbonyl (C=O) groups excluding carboxylic acids is 4. The monoisotopic (exact) mass is 346 g/mol. The Morgan fingerprint density at radius 3 is 1.96 bits per heavy atom. The Labute approximate surface area is 138 Å². The normalized spacial score (nSPS) is 29.3. The summed E-state index contributed by atoms with van der Waals surface area (Å²) in [6, 6.07) is -1.13. The van der Waals surface area contributed by atoms with Crippen molar-refractivity contribution in [2.45, 2.75) is 58.3 Å². The summed E-state index contributed by atoms with van der Waals surface area (Å²) in [7, 11) is 0. The zero-order valence-corrected chi connectivity index (χ0v) is 13.9. The number of amides is 2. The van der Waals surface area contributed by atoms with Crippen molar-refractivity contribution in [1.82, 2.24) is 10.6 Å². The van der Waals surface area contributed by atoms with Crippen LogP contribution in [0.15, 0.2) is 0 Å². The van der Waals surface area contributed by atoms with E-state index >= 15 is 0 Å². The summed E-state index contributed by atoms with van der Waals surface area (Å²) >= 11 is 0. The van der Waals surface area contributed by atoms with Gasteiger partial charge in [-0.3, -0.25) is 19.2 Å². The molecule has 0 aliphatic carbocycles. The van der Waals surface area contributed by atoms with Crippen molar-refractivity contribution in [3.05, 3.63) is 0 Å². The van der Waals surface area contributed by atoms with Crippen molar-refractivity contribution in [3.63, 3.8) is 0 Å². The molecule has 10 heteroatoms. The van der Waals surface area contributed by atoms with Gasteiger partial charge in [-0.2, -0.15) is 0 Å².